The van der Waals surface area contributed by atoms with Gasteiger partial charge >= 0.3 is 0 Å². The van der Waals surface area contributed by atoms with Gasteiger partial charge in [0.2, 0.25) is 0 Å². The highest BCUT2D eigenvalue weighted by Gasteiger charge is 2.12. The van der Waals surface area contributed by atoms with Gasteiger partial charge in [-0.2, -0.15) is 0 Å². The monoisotopic (exact) mass is 290 g/mol. The number of halogens is 2. The molecule has 0 radical (unpaired) electrons. The van der Waals surface area contributed by atoms with E-state index >= 15 is 0 Å². The maximum absolute atomic E-state index is 13.8. The number of nitrogens with zero attached hydrogens (tertiary/aromatic N) is 2. The SMILES string of the molecule is Fc1ccccc1-n1c(Br)nc2ccccc21. The van der Waals surface area contributed by atoms with Crippen LogP contribution in [0.4, 0.5) is 4.39 Å². The van der Waals surface area contributed by atoms with E-state index in [1.54, 1.807) is 22.8 Å². The summed E-state index contributed by atoms with van der Waals surface area (Å²) < 4.78 is 16.1. The Hall–Kier alpha value is -1.68. The van der Waals surface area contributed by atoms with E-state index in [-0.39, 0.29) is 5.82 Å². The lowest BCUT2D eigenvalue weighted by Crippen LogP contribution is -1.97. The minimum atomic E-state index is -0.267. The second-order valence-corrected chi connectivity index (χ2v) is 4.37. The van der Waals surface area contributed by atoms with Crippen molar-refractivity contribution < 1.29 is 4.39 Å². The van der Waals surface area contributed by atoms with E-state index in [0.29, 0.717) is 10.4 Å². The van der Waals surface area contributed by atoms with Crippen molar-refractivity contribution in [1.82, 2.24) is 9.55 Å². The van der Waals surface area contributed by atoms with Crippen LogP contribution in [0.3, 0.4) is 0 Å². The molecule has 0 bridgehead atoms. The zero-order chi connectivity index (χ0) is 11.8. The summed E-state index contributed by atoms with van der Waals surface area (Å²) in [5, 5.41) is 0. The molecular formula is C13H8BrFN2. The second kappa shape index (κ2) is 3.96. The van der Waals surface area contributed by atoms with Gasteiger partial charge in [-0.25, -0.2) is 9.37 Å². The molecule has 2 aromatic carbocycles. The van der Waals surface area contributed by atoms with E-state index in [1.807, 2.05) is 24.3 Å². The Bertz CT molecular complexity index is 691. The number of imidazole rings is 1. The van der Waals surface area contributed by atoms with Crippen molar-refractivity contribution in [3.63, 3.8) is 0 Å². The summed E-state index contributed by atoms with van der Waals surface area (Å²) in [5.74, 6) is -0.267. The first-order chi connectivity index (χ1) is 8.27. The lowest BCUT2D eigenvalue weighted by Gasteiger charge is -2.06. The minimum absolute atomic E-state index is 0.267. The quantitative estimate of drug-likeness (QED) is 0.664. The number of fused-ring (bicyclic) bond motifs is 1. The number of rotatable bonds is 1. The normalized spacial score (nSPS) is 10.9. The second-order valence-electron chi connectivity index (χ2n) is 3.66. The lowest BCUT2D eigenvalue weighted by atomic mass is 10.2. The molecule has 2 nitrogen and oxygen atoms in total. The average Bonchev–Trinajstić information content (AvgIpc) is 2.66. The zero-order valence-electron chi connectivity index (χ0n) is 8.77. The van der Waals surface area contributed by atoms with E-state index in [2.05, 4.69) is 20.9 Å². The Morgan fingerprint density at radius 3 is 2.53 bits per heavy atom. The van der Waals surface area contributed by atoms with Gasteiger partial charge in [-0.1, -0.05) is 24.3 Å². The Morgan fingerprint density at radius 1 is 1.00 bits per heavy atom. The molecule has 0 saturated heterocycles. The minimum Gasteiger partial charge on any atom is -0.284 e. The van der Waals surface area contributed by atoms with Crippen LogP contribution < -0.4 is 0 Å². The Morgan fingerprint density at radius 2 is 1.71 bits per heavy atom. The third-order valence-electron chi connectivity index (χ3n) is 2.61. The zero-order valence-corrected chi connectivity index (χ0v) is 10.4. The number of aromatic nitrogens is 2. The van der Waals surface area contributed by atoms with E-state index in [4.69, 9.17) is 0 Å². The number of para-hydroxylation sites is 3. The highest BCUT2D eigenvalue weighted by molar-refractivity contribution is 9.10. The fourth-order valence-electron chi connectivity index (χ4n) is 1.86. The average molecular weight is 291 g/mol. The molecule has 84 valence electrons. The molecule has 0 spiro atoms. The first kappa shape index (κ1) is 10.5. The van der Waals surface area contributed by atoms with Crippen LogP contribution in [-0.4, -0.2) is 9.55 Å². The molecule has 3 rings (SSSR count). The highest BCUT2D eigenvalue weighted by Crippen LogP contribution is 2.25. The lowest BCUT2D eigenvalue weighted by molar-refractivity contribution is 0.618. The molecular weight excluding hydrogens is 283 g/mol. The van der Waals surface area contributed by atoms with Gasteiger partial charge in [-0.05, 0) is 40.2 Å². The fraction of sp³-hybridized carbons (Fsp3) is 0. The van der Waals surface area contributed by atoms with Crippen LogP contribution in [0.5, 0.6) is 0 Å². The van der Waals surface area contributed by atoms with Crippen LogP contribution in [0, 0.1) is 5.82 Å². The van der Waals surface area contributed by atoms with Crippen LogP contribution in [0.15, 0.2) is 53.3 Å². The number of hydrogen-bond acceptors (Lipinski definition) is 1. The molecule has 0 unspecified atom stereocenters. The molecule has 1 aromatic heterocycles. The largest absolute Gasteiger partial charge is 0.284 e. The maximum atomic E-state index is 13.8. The van der Waals surface area contributed by atoms with Gasteiger partial charge in [0, 0.05) is 0 Å². The summed E-state index contributed by atoms with van der Waals surface area (Å²) in [5.41, 5.74) is 2.21. The van der Waals surface area contributed by atoms with Crippen LogP contribution >= 0.6 is 15.9 Å². The topological polar surface area (TPSA) is 17.8 Å². The Labute approximate surface area is 106 Å². The first-order valence-electron chi connectivity index (χ1n) is 5.15. The molecule has 0 fully saturated rings. The van der Waals surface area contributed by atoms with E-state index in [9.17, 15) is 4.39 Å². The number of benzene rings is 2. The smallest absolute Gasteiger partial charge is 0.182 e. The van der Waals surface area contributed by atoms with Crippen LogP contribution in [0.2, 0.25) is 0 Å². The maximum Gasteiger partial charge on any atom is 0.182 e. The molecule has 1 heterocycles. The summed E-state index contributed by atoms with van der Waals surface area (Å²) in [7, 11) is 0. The van der Waals surface area contributed by atoms with Crippen molar-refractivity contribution in [2.45, 2.75) is 0 Å². The summed E-state index contributed by atoms with van der Waals surface area (Å²) in [6, 6.07) is 14.3. The van der Waals surface area contributed by atoms with E-state index in [0.717, 1.165) is 11.0 Å². The molecule has 0 atom stereocenters. The summed E-state index contributed by atoms with van der Waals surface area (Å²) in [6.07, 6.45) is 0. The Kier molecular flexibility index (Phi) is 2.44. The first-order valence-corrected chi connectivity index (χ1v) is 5.94. The molecule has 0 aliphatic carbocycles. The molecule has 0 saturated carbocycles. The van der Waals surface area contributed by atoms with Crippen molar-refractivity contribution in [3.8, 4) is 5.69 Å². The van der Waals surface area contributed by atoms with Crippen molar-refractivity contribution in [2.75, 3.05) is 0 Å². The fourth-order valence-corrected chi connectivity index (χ4v) is 2.43. The summed E-state index contributed by atoms with van der Waals surface area (Å²) >= 11 is 3.37. The van der Waals surface area contributed by atoms with Gasteiger partial charge in [-0.15, -0.1) is 0 Å². The van der Waals surface area contributed by atoms with E-state index in [1.165, 1.54) is 6.07 Å². The number of hydrogen-bond donors (Lipinski definition) is 0. The van der Waals surface area contributed by atoms with Crippen molar-refractivity contribution >= 4 is 27.0 Å². The van der Waals surface area contributed by atoms with Gasteiger partial charge < -0.3 is 0 Å². The van der Waals surface area contributed by atoms with E-state index < -0.39 is 0 Å². The molecule has 0 amide bonds. The van der Waals surface area contributed by atoms with Crippen molar-refractivity contribution in [1.29, 1.82) is 0 Å². The third-order valence-corrected chi connectivity index (χ3v) is 3.15. The van der Waals surface area contributed by atoms with Crippen LogP contribution in [0.1, 0.15) is 0 Å². The predicted molar refractivity (Wildman–Crippen MR) is 68.7 cm³/mol. The highest BCUT2D eigenvalue weighted by atomic mass is 79.9. The van der Waals surface area contributed by atoms with Gasteiger partial charge in [-0.3, -0.25) is 4.57 Å². The van der Waals surface area contributed by atoms with Crippen molar-refractivity contribution in [2.24, 2.45) is 0 Å². The summed E-state index contributed by atoms with van der Waals surface area (Å²) in [6.45, 7) is 0. The summed E-state index contributed by atoms with van der Waals surface area (Å²) in [4.78, 5) is 4.34. The van der Waals surface area contributed by atoms with Gasteiger partial charge in [0.15, 0.2) is 4.73 Å². The van der Waals surface area contributed by atoms with Crippen molar-refractivity contribution in [3.05, 3.63) is 59.1 Å². The predicted octanol–water partition coefficient (Wildman–Crippen LogP) is 3.93. The molecule has 0 aliphatic rings. The molecule has 0 N–H and O–H groups in total. The van der Waals surface area contributed by atoms with Gasteiger partial charge in [0.25, 0.3) is 0 Å². The van der Waals surface area contributed by atoms with Gasteiger partial charge in [0.1, 0.15) is 5.82 Å². The molecule has 4 heteroatoms. The molecule has 3 aromatic rings. The Balaban J connectivity index is 2.38. The van der Waals surface area contributed by atoms with Crippen LogP contribution in [-0.2, 0) is 0 Å². The molecule has 17 heavy (non-hydrogen) atoms. The van der Waals surface area contributed by atoms with Crippen LogP contribution in [0.25, 0.3) is 16.7 Å². The standard InChI is InChI=1S/C13H8BrFN2/c14-13-16-10-6-2-4-8-12(10)17(13)11-7-3-1-5-9(11)15/h1-8H. The molecule has 0 aliphatic heterocycles. The third kappa shape index (κ3) is 1.65. The van der Waals surface area contributed by atoms with Gasteiger partial charge in [0.05, 0.1) is 16.7 Å².